The molecule has 2 aromatic rings. The maximum absolute atomic E-state index is 12.7. The van der Waals surface area contributed by atoms with Gasteiger partial charge in [0.1, 0.15) is 5.75 Å². The highest BCUT2D eigenvalue weighted by molar-refractivity contribution is 5.96. The van der Waals surface area contributed by atoms with Crippen molar-refractivity contribution in [2.75, 3.05) is 39.3 Å². The van der Waals surface area contributed by atoms with E-state index in [1.54, 1.807) is 29.2 Å². The number of nitrogens with one attached hydrogen (secondary N) is 1. The number of carbonyl (C=O) groups excluding carboxylic acids is 3. The molecule has 7 heteroatoms. The van der Waals surface area contributed by atoms with Crippen molar-refractivity contribution in [3.63, 3.8) is 0 Å². The molecule has 0 radical (unpaired) electrons. The molecule has 0 saturated carbocycles. The molecule has 0 aromatic heterocycles. The predicted molar refractivity (Wildman–Crippen MR) is 118 cm³/mol. The van der Waals surface area contributed by atoms with Crippen LogP contribution >= 0.6 is 0 Å². The minimum atomic E-state index is -0.268. The molecular formula is C24H29N3O4. The van der Waals surface area contributed by atoms with Gasteiger partial charge < -0.3 is 19.9 Å². The third-order valence-corrected chi connectivity index (χ3v) is 5.23. The first-order chi connectivity index (χ1) is 15.1. The van der Waals surface area contributed by atoms with Crippen molar-refractivity contribution in [1.82, 2.24) is 15.1 Å². The Morgan fingerprint density at radius 1 is 0.871 bits per heavy atom. The van der Waals surface area contributed by atoms with Crippen LogP contribution in [0.5, 0.6) is 5.75 Å². The Balaban J connectivity index is 1.46. The molecular weight excluding hydrogens is 394 g/mol. The number of hydrogen-bond acceptors (Lipinski definition) is 4. The van der Waals surface area contributed by atoms with Gasteiger partial charge in [-0.25, -0.2) is 0 Å². The van der Waals surface area contributed by atoms with E-state index in [0.717, 1.165) is 11.3 Å². The number of carbonyl (C=O) groups is 3. The van der Waals surface area contributed by atoms with E-state index in [4.69, 9.17) is 4.74 Å². The largest absolute Gasteiger partial charge is 0.494 e. The number of benzene rings is 2. The Labute approximate surface area is 183 Å². The van der Waals surface area contributed by atoms with Crippen LogP contribution in [0.1, 0.15) is 29.3 Å². The molecule has 1 saturated heterocycles. The molecule has 0 bridgehead atoms. The zero-order valence-corrected chi connectivity index (χ0v) is 17.9. The van der Waals surface area contributed by atoms with E-state index >= 15 is 0 Å². The van der Waals surface area contributed by atoms with Crippen LogP contribution in [0, 0.1) is 0 Å². The maximum atomic E-state index is 12.7. The molecule has 7 nitrogen and oxygen atoms in total. The Kier molecular flexibility index (Phi) is 8.04. The number of nitrogens with zero attached hydrogens (tertiary/aromatic N) is 2. The summed E-state index contributed by atoms with van der Waals surface area (Å²) >= 11 is 0. The van der Waals surface area contributed by atoms with Gasteiger partial charge in [0, 0.05) is 31.7 Å². The van der Waals surface area contributed by atoms with Gasteiger partial charge in [-0.05, 0) is 43.2 Å². The number of hydrogen-bond donors (Lipinski definition) is 1. The quantitative estimate of drug-likeness (QED) is 0.740. The highest BCUT2D eigenvalue weighted by Crippen LogP contribution is 2.14. The first kappa shape index (κ1) is 22.3. The molecule has 3 amide bonds. The van der Waals surface area contributed by atoms with Crippen molar-refractivity contribution in [2.45, 2.75) is 19.8 Å². The Hall–Kier alpha value is -3.35. The van der Waals surface area contributed by atoms with Crippen LogP contribution in [0.3, 0.4) is 0 Å². The highest BCUT2D eigenvalue weighted by Gasteiger charge is 2.22. The Morgan fingerprint density at radius 3 is 2.16 bits per heavy atom. The Bertz CT molecular complexity index is 883. The van der Waals surface area contributed by atoms with Gasteiger partial charge in [-0.1, -0.05) is 30.3 Å². The molecule has 0 spiro atoms. The summed E-state index contributed by atoms with van der Waals surface area (Å²) < 4.78 is 5.43. The summed E-state index contributed by atoms with van der Waals surface area (Å²) in [6.45, 7) is 4.65. The fourth-order valence-corrected chi connectivity index (χ4v) is 3.53. The van der Waals surface area contributed by atoms with E-state index < -0.39 is 0 Å². The van der Waals surface area contributed by atoms with Gasteiger partial charge in [-0.3, -0.25) is 14.4 Å². The molecule has 1 fully saturated rings. The number of ether oxygens (including phenoxy) is 1. The minimum absolute atomic E-state index is 0.0478. The SMILES string of the molecule is CCOc1ccc(CC(=O)N2CCCN(C(=O)CNC(=O)c3ccccc3)CC2)cc1. The van der Waals surface area contributed by atoms with Gasteiger partial charge in [0.2, 0.25) is 11.8 Å². The molecule has 164 valence electrons. The van der Waals surface area contributed by atoms with Crippen molar-refractivity contribution in [2.24, 2.45) is 0 Å². The van der Waals surface area contributed by atoms with Gasteiger partial charge in [0.15, 0.2) is 0 Å². The topological polar surface area (TPSA) is 79.0 Å². The van der Waals surface area contributed by atoms with Crippen molar-refractivity contribution in [3.05, 3.63) is 65.7 Å². The standard InChI is InChI=1S/C24H29N3O4/c1-2-31-21-11-9-19(10-12-21)17-22(28)26-13-6-14-27(16-15-26)23(29)18-25-24(30)20-7-4-3-5-8-20/h3-5,7-12H,2,6,13-18H2,1H3,(H,25,30). The second-order valence-corrected chi connectivity index (χ2v) is 7.42. The molecule has 3 rings (SSSR count). The van der Waals surface area contributed by atoms with Crippen LogP contribution in [0.25, 0.3) is 0 Å². The summed E-state index contributed by atoms with van der Waals surface area (Å²) in [7, 11) is 0. The van der Waals surface area contributed by atoms with E-state index in [9.17, 15) is 14.4 Å². The van der Waals surface area contributed by atoms with Crippen LogP contribution in [0.4, 0.5) is 0 Å². The third-order valence-electron chi connectivity index (χ3n) is 5.23. The fourth-order valence-electron chi connectivity index (χ4n) is 3.53. The molecule has 0 atom stereocenters. The van der Waals surface area contributed by atoms with Gasteiger partial charge >= 0.3 is 0 Å². The second kappa shape index (κ2) is 11.2. The highest BCUT2D eigenvalue weighted by atomic mass is 16.5. The monoisotopic (exact) mass is 423 g/mol. The lowest BCUT2D eigenvalue weighted by Gasteiger charge is -2.22. The summed E-state index contributed by atoms with van der Waals surface area (Å²) in [5.74, 6) is 0.443. The molecule has 0 unspecified atom stereocenters. The predicted octanol–water partition coefficient (Wildman–Crippen LogP) is 2.12. The van der Waals surface area contributed by atoms with E-state index in [0.29, 0.717) is 51.2 Å². The van der Waals surface area contributed by atoms with Crippen molar-refractivity contribution < 1.29 is 19.1 Å². The maximum Gasteiger partial charge on any atom is 0.251 e. The molecule has 1 heterocycles. The Morgan fingerprint density at radius 2 is 1.52 bits per heavy atom. The lowest BCUT2D eigenvalue weighted by molar-refractivity contribution is -0.132. The van der Waals surface area contributed by atoms with Crippen LogP contribution in [0.15, 0.2) is 54.6 Å². The van der Waals surface area contributed by atoms with Gasteiger partial charge in [-0.2, -0.15) is 0 Å². The zero-order chi connectivity index (χ0) is 22.1. The van der Waals surface area contributed by atoms with Crippen LogP contribution in [0.2, 0.25) is 0 Å². The lowest BCUT2D eigenvalue weighted by atomic mass is 10.1. The molecule has 0 aliphatic carbocycles. The van der Waals surface area contributed by atoms with E-state index in [2.05, 4.69) is 5.32 Å². The molecule has 1 aliphatic heterocycles. The first-order valence-corrected chi connectivity index (χ1v) is 10.7. The molecule has 2 aromatic carbocycles. The third kappa shape index (κ3) is 6.57. The van der Waals surface area contributed by atoms with Gasteiger partial charge in [0.25, 0.3) is 5.91 Å². The molecule has 1 N–H and O–H groups in total. The average molecular weight is 424 g/mol. The summed E-state index contributed by atoms with van der Waals surface area (Å²) in [6.07, 6.45) is 1.04. The van der Waals surface area contributed by atoms with Crippen LogP contribution in [-0.2, 0) is 16.0 Å². The van der Waals surface area contributed by atoms with Gasteiger partial charge in [0.05, 0.1) is 19.6 Å². The summed E-state index contributed by atoms with van der Waals surface area (Å²) in [5.41, 5.74) is 1.46. The summed E-state index contributed by atoms with van der Waals surface area (Å²) in [6, 6.07) is 16.4. The smallest absolute Gasteiger partial charge is 0.251 e. The van der Waals surface area contributed by atoms with E-state index in [1.165, 1.54) is 0 Å². The number of amides is 3. The summed E-state index contributed by atoms with van der Waals surface area (Å²) in [5, 5.41) is 2.68. The molecule has 31 heavy (non-hydrogen) atoms. The van der Waals surface area contributed by atoms with E-state index in [1.807, 2.05) is 42.2 Å². The zero-order valence-electron chi connectivity index (χ0n) is 17.9. The minimum Gasteiger partial charge on any atom is -0.494 e. The summed E-state index contributed by atoms with van der Waals surface area (Å²) in [4.78, 5) is 40.9. The van der Waals surface area contributed by atoms with Crippen LogP contribution < -0.4 is 10.1 Å². The molecule has 1 aliphatic rings. The van der Waals surface area contributed by atoms with Crippen molar-refractivity contribution >= 4 is 17.7 Å². The van der Waals surface area contributed by atoms with Crippen molar-refractivity contribution in [1.29, 1.82) is 0 Å². The van der Waals surface area contributed by atoms with E-state index in [-0.39, 0.29) is 24.3 Å². The number of rotatable bonds is 7. The fraction of sp³-hybridized carbons (Fsp3) is 0.375. The average Bonchev–Trinajstić information content (AvgIpc) is 3.06. The normalized spacial score (nSPS) is 14.0. The van der Waals surface area contributed by atoms with Gasteiger partial charge in [-0.15, -0.1) is 0 Å². The van der Waals surface area contributed by atoms with Crippen molar-refractivity contribution in [3.8, 4) is 5.75 Å². The lowest BCUT2D eigenvalue weighted by Crippen LogP contribution is -2.42. The first-order valence-electron chi connectivity index (χ1n) is 10.7. The van der Waals surface area contributed by atoms with Crippen LogP contribution in [-0.4, -0.2) is 66.9 Å². The second-order valence-electron chi connectivity index (χ2n) is 7.42.